The molecule has 0 heterocycles. The van der Waals surface area contributed by atoms with Gasteiger partial charge < -0.3 is 5.11 Å². The van der Waals surface area contributed by atoms with Crippen molar-refractivity contribution in [3.05, 3.63) is 71.5 Å². The predicted molar refractivity (Wildman–Crippen MR) is 68.6 cm³/mol. The smallest absolute Gasteiger partial charge is 0.123 e. The molecule has 0 aromatic heterocycles. The first kappa shape index (κ1) is 11.4. The Hall–Kier alpha value is -1.67. The van der Waals surface area contributed by atoms with Crippen LogP contribution in [0, 0.1) is 11.7 Å². The molecule has 3 unspecified atom stereocenters. The molecule has 18 heavy (non-hydrogen) atoms. The first-order valence-corrected chi connectivity index (χ1v) is 6.24. The molecule has 0 aliphatic heterocycles. The van der Waals surface area contributed by atoms with Gasteiger partial charge in [0, 0.05) is 0 Å². The Labute approximate surface area is 106 Å². The number of hydrogen-bond acceptors (Lipinski definition) is 1. The topological polar surface area (TPSA) is 20.2 Å². The number of benzene rings is 2. The van der Waals surface area contributed by atoms with Gasteiger partial charge in [0.05, 0.1) is 6.10 Å². The van der Waals surface area contributed by atoms with E-state index < -0.39 is 6.10 Å². The molecule has 1 saturated carbocycles. The van der Waals surface area contributed by atoms with E-state index in [4.69, 9.17) is 0 Å². The summed E-state index contributed by atoms with van der Waals surface area (Å²) in [6.07, 6.45) is 0.410. The number of aliphatic hydroxyl groups excluding tert-OH is 1. The van der Waals surface area contributed by atoms with Crippen LogP contribution in [0.15, 0.2) is 54.6 Å². The van der Waals surface area contributed by atoms with E-state index in [9.17, 15) is 9.50 Å². The van der Waals surface area contributed by atoms with E-state index in [0.717, 1.165) is 6.42 Å². The van der Waals surface area contributed by atoms with Crippen molar-refractivity contribution < 1.29 is 9.50 Å². The maximum absolute atomic E-state index is 13.1. The highest BCUT2D eigenvalue weighted by Gasteiger charge is 2.43. The fourth-order valence-corrected chi connectivity index (χ4v) is 2.58. The zero-order valence-corrected chi connectivity index (χ0v) is 9.96. The summed E-state index contributed by atoms with van der Waals surface area (Å²) in [5.41, 5.74) is 1.94. The van der Waals surface area contributed by atoms with Crippen LogP contribution in [-0.2, 0) is 0 Å². The number of rotatable bonds is 3. The molecule has 2 aromatic rings. The van der Waals surface area contributed by atoms with E-state index in [1.165, 1.54) is 17.7 Å². The SMILES string of the molecule is OC(c1cccc(F)c1)C1CC1c1ccccc1. The highest BCUT2D eigenvalue weighted by atomic mass is 19.1. The second-order valence-electron chi connectivity index (χ2n) is 4.92. The number of aliphatic hydroxyl groups is 1. The van der Waals surface area contributed by atoms with Gasteiger partial charge in [0.1, 0.15) is 5.82 Å². The van der Waals surface area contributed by atoms with E-state index in [1.807, 2.05) is 18.2 Å². The van der Waals surface area contributed by atoms with Gasteiger partial charge in [0.2, 0.25) is 0 Å². The maximum Gasteiger partial charge on any atom is 0.123 e. The normalized spacial score (nSPS) is 23.7. The molecule has 1 aliphatic rings. The molecule has 1 N–H and O–H groups in total. The minimum absolute atomic E-state index is 0.217. The zero-order valence-electron chi connectivity index (χ0n) is 9.96. The maximum atomic E-state index is 13.1. The lowest BCUT2D eigenvalue weighted by Gasteiger charge is -2.10. The molecule has 0 amide bonds. The number of halogens is 1. The Morgan fingerprint density at radius 1 is 1.06 bits per heavy atom. The van der Waals surface area contributed by atoms with Crippen molar-refractivity contribution in [1.82, 2.24) is 0 Å². The standard InChI is InChI=1S/C16H15FO/c17-13-8-4-7-12(9-13)16(18)15-10-14(15)11-5-2-1-3-6-11/h1-9,14-16,18H,10H2. The van der Waals surface area contributed by atoms with Gasteiger partial charge >= 0.3 is 0 Å². The monoisotopic (exact) mass is 242 g/mol. The molecule has 3 atom stereocenters. The molecule has 1 fully saturated rings. The van der Waals surface area contributed by atoms with Gasteiger partial charge in [-0.05, 0) is 41.5 Å². The molecule has 1 nitrogen and oxygen atoms in total. The quantitative estimate of drug-likeness (QED) is 0.870. The molecule has 0 spiro atoms. The summed E-state index contributed by atoms with van der Waals surface area (Å²) in [5.74, 6) is 0.335. The van der Waals surface area contributed by atoms with Crippen LogP contribution in [0.1, 0.15) is 29.6 Å². The summed E-state index contributed by atoms with van der Waals surface area (Å²) in [7, 11) is 0. The molecule has 1 aliphatic carbocycles. The Balaban J connectivity index is 1.75. The van der Waals surface area contributed by atoms with Crippen molar-refractivity contribution in [3.63, 3.8) is 0 Å². The van der Waals surface area contributed by atoms with Crippen LogP contribution in [0.4, 0.5) is 4.39 Å². The molecule has 2 heteroatoms. The van der Waals surface area contributed by atoms with Gasteiger partial charge in [-0.1, -0.05) is 42.5 Å². The Morgan fingerprint density at radius 3 is 2.56 bits per heavy atom. The first-order chi connectivity index (χ1) is 8.75. The highest BCUT2D eigenvalue weighted by Crippen LogP contribution is 2.53. The first-order valence-electron chi connectivity index (χ1n) is 6.24. The van der Waals surface area contributed by atoms with Crippen molar-refractivity contribution in [3.8, 4) is 0 Å². The van der Waals surface area contributed by atoms with Crippen molar-refractivity contribution in [2.24, 2.45) is 5.92 Å². The van der Waals surface area contributed by atoms with Crippen molar-refractivity contribution in [1.29, 1.82) is 0 Å². The third-order valence-corrected chi connectivity index (χ3v) is 3.66. The number of hydrogen-bond donors (Lipinski definition) is 1. The van der Waals surface area contributed by atoms with Crippen LogP contribution in [0.3, 0.4) is 0 Å². The van der Waals surface area contributed by atoms with Crippen LogP contribution >= 0.6 is 0 Å². The van der Waals surface area contributed by atoms with Crippen LogP contribution in [-0.4, -0.2) is 5.11 Å². The predicted octanol–water partition coefficient (Wildman–Crippen LogP) is 3.66. The zero-order chi connectivity index (χ0) is 12.5. The Kier molecular flexibility index (Phi) is 2.88. The second kappa shape index (κ2) is 4.54. The average molecular weight is 242 g/mol. The van der Waals surface area contributed by atoms with Crippen LogP contribution < -0.4 is 0 Å². The minimum atomic E-state index is -0.564. The lowest BCUT2D eigenvalue weighted by Crippen LogP contribution is -2.01. The molecule has 0 saturated heterocycles. The summed E-state index contributed by atoms with van der Waals surface area (Å²) in [4.78, 5) is 0. The van der Waals surface area contributed by atoms with Gasteiger partial charge in [0.15, 0.2) is 0 Å². The van der Waals surface area contributed by atoms with Crippen LogP contribution in [0.25, 0.3) is 0 Å². The minimum Gasteiger partial charge on any atom is -0.388 e. The molecular formula is C16H15FO. The molecule has 92 valence electrons. The molecule has 3 rings (SSSR count). The van der Waals surface area contributed by atoms with Crippen molar-refractivity contribution in [2.75, 3.05) is 0 Å². The van der Waals surface area contributed by atoms with E-state index in [2.05, 4.69) is 12.1 Å². The fraction of sp³-hybridized carbons (Fsp3) is 0.250. The Bertz CT molecular complexity index is 538. The van der Waals surface area contributed by atoms with Gasteiger partial charge in [-0.3, -0.25) is 0 Å². The fourth-order valence-electron chi connectivity index (χ4n) is 2.58. The summed E-state index contributed by atoms with van der Waals surface area (Å²) < 4.78 is 13.1. The van der Waals surface area contributed by atoms with Gasteiger partial charge in [-0.25, -0.2) is 4.39 Å². The van der Waals surface area contributed by atoms with Crippen LogP contribution in [0.5, 0.6) is 0 Å². The second-order valence-corrected chi connectivity index (χ2v) is 4.92. The summed E-state index contributed by atoms with van der Waals surface area (Å²) >= 11 is 0. The third kappa shape index (κ3) is 2.16. The largest absolute Gasteiger partial charge is 0.388 e. The van der Waals surface area contributed by atoms with Gasteiger partial charge in [-0.15, -0.1) is 0 Å². The van der Waals surface area contributed by atoms with Crippen molar-refractivity contribution in [2.45, 2.75) is 18.4 Å². The summed E-state index contributed by atoms with van der Waals surface area (Å²) in [6, 6.07) is 16.4. The van der Waals surface area contributed by atoms with E-state index in [-0.39, 0.29) is 11.7 Å². The third-order valence-electron chi connectivity index (χ3n) is 3.66. The van der Waals surface area contributed by atoms with Crippen LogP contribution in [0.2, 0.25) is 0 Å². The lowest BCUT2D eigenvalue weighted by molar-refractivity contribution is 0.151. The van der Waals surface area contributed by atoms with Crippen molar-refractivity contribution >= 4 is 0 Å². The van der Waals surface area contributed by atoms with Gasteiger partial charge in [-0.2, -0.15) is 0 Å². The summed E-state index contributed by atoms with van der Waals surface area (Å²) in [5, 5.41) is 10.2. The average Bonchev–Trinajstić information content (AvgIpc) is 3.19. The molecule has 0 radical (unpaired) electrons. The van der Waals surface area contributed by atoms with E-state index in [1.54, 1.807) is 12.1 Å². The Morgan fingerprint density at radius 2 is 1.83 bits per heavy atom. The highest BCUT2D eigenvalue weighted by molar-refractivity contribution is 5.29. The lowest BCUT2D eigenvalue weighted by atomic mass is 10.0. The van der Waals surface area contributed by atoms with E-state index >= 15 is 0 Å². The molecule has 2 aromatic carbocycles. The molecular weight excluding hydrogens is 227 g/mol. The van der Waals surface area contributed by atoms with E-state index in [0.29, 0.717) is 11.5 Å². The molecule has 0 bridgehead atoms. The van der Waals surface area contributed by atoms with Gasteiger partial charge in [0.25, 0.3) is 0 Å². The summed E-state index contributed by atoms with van der Waals surface area (Å²) in [6.45, 7) is 0.